The van der Waals surface area contributed by atoms with Crippen molar-refractivity contribution in [1.29, 1.82) is 0 Å². The summed E-state index contributed by atoms with van der Waals surface area (Å²) in [7, 11) is 0. The van der Waals surface area contributed by atoms with Crippen LogP contribution in [0.3, 0.4) is 0 Å². The average Bonchev–Trinajstić information content (AvgIpc) is 2.80. The molecule has 3 amide bonds. The number of nitrogens with zero attached hydrogens (tertiary/aromatic N) is 1. The van der Waals surface area contributed by atoms with Gasteiger partial charge in [0, 0.05) is 30.3 Å². The van der Waals surface area contributed by atoms with Crippen molar-refractivity contribution in [3.05, 3.63) is 94.0 Å². The molecule has 33 heavy (non-hydrogen) atoms. The number of rotatable bonds is 9. The van der Waals surface area contributed by atoms with Gasteiger partial charge in [-0.15, -0.1) is 0 Å². The average molecular weight is 447 g/mol. The van der Waals surface area contributed by atoms with Crippen molar-refractivity contribution in [3.8, 4) is 0 Å². The summed E-state index contributed by atoms with van der Waals surface area (Å²) in [6.07, 6.45) is -0.0205. The maximum atomic E-state index is 12.8. The third-order valence-electron chi connectivity index (χ3n) is 4.59. The standard InChI is InChI=1S/C23H21N5O5/c24-21(29)12-13-25-23(31)17-8-4-5-9-18(17)27-22(30)15-10-11-19(20(14-15)28(32)33)26-16-6-2-1-3-7-16/h1-11,14,26H,12-13H2,(H2,24,29)(H,25,31)(H,27,30). The fourth-order valence-electron chi connectivity index (χ4n) is 2.99. The van der Waals surface area contributed by atoms with E-state index in [4.69, 9.17) is 5.73 Å². The maximum Gasteiger partial charge on any atom is 0.293 e. The first kappa shape index (κ1) is 22.9. The summed E-state index contributed by atoms with van der Waals surface area (Å²) in [4.78, 5) is 47.1. The summed E-state index contributed by atoms with van der Waals surface area (Å²) in [5, 5.41) is 19.7. The lowest BCUT2D eigenvalue weighted by atomic mass is 10.1. The van der Waals surface area contributed by atoms with Crippen LogP contribution in [0.5, 0.6) is 0 Å². The van der Waals surface area contributed by atoms with Crippen molar-refractivity contribution in [2.45, 2.75) is 6.42 Å². The molecule has 0 aromatic heterocycles. The molecule has 0 aliphatic rings. The van der Waals surface area contributed by atoms with Gasteiger partial charge >= 0.3 is 0 Å². The molecule has 0 unspecified atom stereocenters. The highest BCUT2D eigenvalue weighted by Crippen LogP contribution is 2.29. The van der Waals surface area contributed by atoms with Crippen molar-refractivity contribution in [3.63, 3.8) is 0 Å². The van der Waals surface area contributed by atoms with E-state index < -0.39 is 22.6 Å². The van der Waals surface area contributed by atoms with E-state index in [-0.39, 0.29) is 41.2 Å². The highest BCUT2D eigenvalue weighted by atomic mass is 16.6. The van der Waals surface area contributed by atoms with Crippen LogP contribution < -0.4 is 21.7 Å². The van der Waals surface area contributed by atoms with E-state index >= 15 is 0 Å². The first-order chi connectivity index (χ1) is 15.8. The number of carbonyl (C=O) groups is 3. The van der Waals surface area contributed by atoms with Crippen LogP contribution in [0.4, 0.5) is 22.7 Å². The largest absolute Gasteiger partial charge is 0.370 e. The second-order valence-corrected chi connectivity index (χ2v) is 6.95. The van der Waals surface area contributed by atoms with E-state index in [1.165, 1.54) is 24.3 Å². The Kier molecular flexibility index (Phi) is 7.32. The molecule has 10 heteroatoms. The second kappa shape index (κ2) is 10.5. The molecule has 0 atom stereocenters. The van der Waals surface area contributed by atoms with Crippen molar-refractivity contribution in [2.75, 3.05) is 17.2 Å². The van der Waals surface area contributed by atoms with Crippen LogP contribution in [0.1, 0.15) is 27.1 Å². The molecule has 0 saturated heterocycles. The predicted molar refractivity (Wildman–Crippen MR) is 123 cm³/mol. The minimum Gasteiger partial charge on any atom is -0.370 e. The molecular weight excluding hydrogens is 426 g/mol. The lowest BCUT2D eigenvalue weighted by Gasteiger charge is -2.12. The van der Waals surface area contributed by atoms with E-state index in [9.17, 15) is 24.5 Å². The highest BCUT2D eigenvalue weighted by Gasteiger charge is 2.19. The number of anilines is 3. The zero-order chi connectivity index (χ0) is 23.8. The summed E-state index contributed by atoms with van der Waals surface area (Å²) >= 11 is 0. The Morgan fingerprint density at radius 2 is 1.58 bits per heavy atom. The van der Waals surface area contributed by atoms with Gasteiger partial charge < -0.3 is 21.7 Å². The third-order valence-corrected chi connectivity index (χ3v) is 4.59. The molecule has 0 fully saturated rings. The number of nitro groups is 1. The molecule has 3 rings (SSSR count). The number of hydrogen-bond acceptors (Lipinski definition) is 6. The van der Waals surface area contributed by atoms with Gasteiger partial charge in [-0.05, 0) is 36.4 Å². The molecule has 3 aromatic carbocycles. The van der Waals surface area contributed by atoms with Crippen molar-refractivity contribution >= 4 is 40.5 Å². The van der Waals surface area contributed by atoms with Crippen molar-refractivity contribution < 1.29 is 19.3 Å². The van der Waals surface area contributed by atoms with Gasteiger partial charge in [0.25, 0.3) is 17.5 Å². The molecule has 0 aliphatic heterocycles. The Bertz CT molecular complexity index is 1200. The lowest BCUT2D eigenvalue weighted by molar-refractivity contribution is -0.383. The van der Waals surface area contributed by atoms with Crippen LogP contribution in [0.25, 0.3) is 0 Å². The first-order valence-electron chi connectivity index (χ1n) is 9.92. The zero-order valence-corrected chi connectivity index (χ0v) is 17.4. The van der Waals surface area contributed by atoms with E-state index in [0.29, 0.717) is 5.69 Å². The number of nitrogens with one attached hydrogen (secondary N) is 3. The third kappa shape index (κ3) is 6.14. The molecule has 0 aliphatic carbocycles. The fraction of sp³-hybridized carbons (Fsp3) is 0.0870. The molecule has 168 valence electrons. The highest BCUT2D eigenvalue weighted by molar-refractivity contribution is 6.09. The molecule has 5 N–H and O–H groups in total. The Hall–Kier alpha value is -4.73. The van der Waals surface area contributed by atoms with Gasteiger partial charge in [-0.1, -0.05) is 30.3 Å². The molecule has 0 radical (unpaired) electrons. The Balaban J connectivity index is 1.79. The van der Waals surface area contributed by atoms with Crippen LogP contribution in [0.15, 0.2) is 72.8 Å². The normalized spacial score (nSPS) is 10.2. The number of nitrogens with two attached hydrogens (primary N) is 1. The number of hydrogen-bond donors (Lipinski definition) is 4. The predicted octanol–water partition coefficient (Wildman–Crippen LogP) is 3.20. The van der Waals surface area contributed by atoms with E-state index in [2.05, 4.69) is 16.0 Å². The topological polar surface area (TPSA) is 156 Å². The quantitative estimate of drug-likeness (QED) is 0.291. The number of benzene rings is 3. The van der Waals surface area contributed by atoms with Crippen molar-refractivity contribution in [2.24, 2.45) is 5.73 Å². The summed E-state index contributed by atoms with van der Waals surface area (Å²) < 4.78 is 0. The number of nitro benzene ring substituents is 1. The number of para-hydroxylation sites is 2. The second-order valence-electron chi connectivity index (χ2n) is 6.95. The first-order valence-corrected chi connectivity index (χ1v) is 9.92. The van der Waals surface area contributed by atoms with Gasteiger partial charge in [-0.3, -0.25) is 24.5 Å². The number of primary amides is 1. The van der Waals surface area contributed by atoms with Gasteiger partial charge in [0.1, 0.15) is 5.69 Å². The van der Waals surface area contributed by atoms with Crippen LogP contribution in [-0.4, -0.2) is 29.2 Å². The molecule has 0 heterocycles. The number of carbonyl (C=O) groups excluding carboxylic acids is 3. The van der Waals surface area contributed by atoms with Crippen LogP contribution in [0, 0.1) is 10.1 Å². The zero-order valence-electron chi connectivity index (χ0n) is 17.4. The Labute approximate surface area is 188 Å². The van der Waals surface area contributed by atoms with Gasteiger partial charge in [0.2, 0.25) is 5.91 Å². The van der Waals surface area contributed by atoms with Crippen LogP contribution in [-0.2, 0) is 4.79 Å². The molecule has 3 aromatic rings. The van der Waals surface area contributed by atoms with E-state index in [1.807, 2.05) is 6.07 Å². The summed E-state index contributed by atoms with van der Waals surface area (Å²) in [5.74, 6) is -1.68. The Morgan fingerprint density at radius 3 is 2.27 bits per heavy atom. The van der Waals surface area contributed by atoms with Gasteiger partial charge in [-0.25, -0.2) is 0 Å². The monoisotopic (exact) mass is 447 g/mol. The SMILES string of the molecule is NC(=O)CCNC(=O)c1ccccc1NC(=O)c1ccc(Nc2ccccc2)c([N+](=O)[O-])c1. The molecule has 0 spiro atoms. The minimum atomic E-state index is -0.623. The molecule has 0 bridgehead atoms. The molecule has 10 nitrogen and oxygen atoms in total. The number of amides is 3. The molecular formula is C23H21N5O5. The Morgan fingerprint density at radius 1 is 0.879 bits per heavy atom. The summed E-state index contributed by atoms with van der Waals surface area (Å²) in [6, 6.07) is 19.3. The smallest absolute Gasteiger partial charge is 0.293 e. The van der Waals surface area contributed by atoms with E-state index in [0.717, 1.165) is 6.07 Å². The van der Waals surface area contributed by atoms with Gasteiger partial charge in [0.05, 0.1) is 16.2 Å². The summed E-state index contributed by atoms with van der Waals surface area (Å²) in [5.41, 5.74) is 6.12. The van der Waals surface area contributed by atoms with Gasteiger partial charge in [0.15, 0.2) is 0 Å². The van der Waals surface area contributed by atoms with Gasteiger partial charge in [-0.2, -0.15) is 0 Å². The lowest BCUT2D eigenvalue weighted by Crippen LogP contribution is -2.28. The fourth-order valence-corrected chi connectivity index (χ4v) is 2.99. The minimum absolute atomic E-state index is 0.0205. The van der Waals surface area contributed by atoms with E-state index in [1.54, 1.807) is 36.4 Å². The summed E-state index contributed by atoms with van der Waals surface area (Å²) in [6.45, 7) is 0.0541. The molecule has 0 saturated carbocycles. The van der Waals surface area contributed by atoms with Crippen molar-refractivity contribution in [1.82, 2.24) is 5.32 Å². The van der Waals surface area contributed by atoms with Crippen LogP contribution >= 0.6 is 0 Å². The van der Waals surface area contributed by atoms with Crippen LogP contribution in [0.2, 0.25) is 0 Å². The maximum absolute atomic E-state index is 12.8.